The number of carbonyl (C=O) groups is 1. The summed E-state index contributed by atoms with van der Waals surface area (Å²) >= 11 is 1.51. The second-order valence-corrected chi connectivity index (χ2v) is 7.22. The Labute approximate surface area is 159 Å². The summed E-state index contributed by atoms with van der Waals surface area (Å²) in [6, 6.07) is 12.9. The van der Waals surface area contributed by atoms with Gasteiger partial charge in [0.15, 0.2) is 0 Å². The van der Waals surface area contributed by atoms with E-state index in [0.717, 1.165) is 15.2 Å². The first-order chi connectivity index (χ1) is 13.1. The Bertz CT molecular complexity index is 1190. The number of nitrogens with zero attached hydrogens (tertiary/aromatic N) is 3. The molecule has 4 rings (SSSR count). The van der Waals surface area contributed by atoms with Crippen LogP contribution in [0.2, 0.25) is 0 Å². The average molecular weight is 379 g/mol. The van der Waals surface area contributed by atoms with Crippen molar-refractivity contribution in [3.63, 3.8) is 0 Å². The molecule has 27 heavy (non-hydrogen) atoms. The highest BCUT2D eigenvalue weighted by Gasteiger charge is 2.13. The molecule has 0 N–H and O–H groups in total. The van der Waals surface area contributed by atoms with Crippen molar-refractivity contribution in [2.24, 2.45) is 0 Å². The Hall–Kier alpha value is -3.06. The van der Waals surface area contributed by atoms with Gasteiger partial charge in [0.05, 0.1) is 26.8 Å². The molecule has 0 spiro atoms. The molecule has 4 aromatic rings. The number of aromatic nitrogens is 3. The normalized spacial score (nSPS) is 11.2. The standard InChI is InChI=1S/C20H17N3O3S/c1-3-23-16-9-8-13(10-15(16)21-12(2)19(23)24)20(25)26-11-18-22-14-6-4-5-7-17(14)27-18/h4-10H,3,11H2,1-2H3. The maximum Gasteiger partial charge on any atom is 0.338 e. The van der Waals surface area contributed by atoms with Crippen molar-refractivity contribution < 1.29 is 9.53 Å². The van der Waals surface area contributed by atoms with Crippen LogP contribution in [-0.2, 0) is 17.9 Å². The topological polar surface area (TPSA) is 74.1 Å². The summed E-state index contributed by atoms with van der Waals surface area (Å²) in [5.74, 6) is -0.440. The predicted octanol–water partition coefficient (Wildman–Crippen LogP) is 3.69. The third kappa shape index (κ3) is 3.21. The minimum Gasteiger partial charge on any atom is -0.455 e. The van der Waals surface area contributed by atoms with Crippen LogP contribution < -0.4 is 5.56 Å². The fourth-order valence-electron chi connectivity index (χ4n) is 3.01. The summed E-state index contributed by atoms with van der Waals surface area (Å²) in [6.45, 7) is 4.24. The fraction of sp³-hybridized carbons (Fsp3) is 0.200. The molecular formula is C20H17N3O3S. The molecule has 2 aromatic heterocycles. The first-order valence-corrected chi connectivity index (χ1v) is 9.41. The molecule has 7 heteroatoms. The van der Waals surface area contributed by atoms with Gasteiger partial charge in [0.25, 0.3) is 5.56 Å². The van der Waals surface area contributed by atoms with E-state index in [1.807, 2.05) is 31.2 Å². The van der Waals surface area contributed by atoms with Crippen molar-refractivity contribution in [3.8, 4) is 0 Å². The van der Waals surface area contributed by atoms with E-state index < -0.39 is 5.97 Å². The van der Waals surface area contributed by atoms with E-state index in [4.69, 9.17) is 4.74 Å². The summed E-state index contributed by atoms with van der Waals surface area (Å²) in [4.78, 5) is 33.4. The Morgan fingerprint density at radius 3 is 2.74 bits per heavy atom. The van der Waals surface area contributed by atoms with Gasteiger partial charge in [-0.05, 0) is 44.2 Å². The van der Waals surface area contributed by atoms with Gasteiger partial charge in [0.2, 0.25) is 0 Å². The summed E-state index contributed by atoms with van der Waals surface area (Å²) < 4.78 is 8.12. The van der Waals surface area contributed by atoms with E-state index in [1.165, 1.54) is 11.3 Å². The molecule has 0 aliphatic rings. The van der Waals surface area contributed by atoms with Crippen LogP contribution in [0.3, 0.4) is 0 Å². The number of benzene rings is 2. The molecule has 0 unspecified atom stereocenters. The second kappa shape index (κ2) is 6.92. The van der Waals surface area contributed by atoms with Crippen LogP contribution >= 0.6 is 11.3 Å². The zero-order valence-corrected chi connectivity index (χ0v) is 15.7. The second-order valence-electron chi connectivity index (χ2n) is 6.10. The van der Waals surface area contributed by atoms with Gasteiger partial charge in [-0.3, -0.25) is 4.79 Å². The predicted molar refractivity (Wildman–Crippen MR) is 105 cm³/mol. The third-order valence-electron chi connectivity index (χ3n) is 4.33. The molecule has 2 heterocycles. The molecule has 0 fully saturated rings. The zero-order valence-electron chi connectivity index (χ0n) is 14.9. The van der Waals surface area contributed by atoms with Gasteiger partial charge in [-0.2, -0.15) is 0 Å². The lowest BCUT2D eigenvalue weighted by molar-refractivity contribution is 0.0473. The lowest BCUT2D eigenvalue weighted by Gasteiger charge is -2.10. The van der Waals surface area contributed by atoms with Gasteiger partial charge >= 0.3 is 5.97 Å². The quantitative estimate of drug-likeness (QED) is 0.506. The molecule has 0 aliphatic carbocycles. The number of rotatable bonds is 4. The molecule has 0 atom stereocenters. The zero-order chi connectivity index (χ0) is 19.0. The number of fused-ring (bicyclic) bond motifs is 2. The van der Waals surface area contributed by atoms with E-state index in [9.17, 15) is 9.59 Å². The van der Waals surface area contributed by atoms with Crippen molar-refractivity contribution in [3.05, 3.63) is 69.1 Å². The van der Waals surface area contributed by atoms with E-state index in [1.54, 1.807) is 29.7 Å². The van der Waals surface area contributed by atoms with Crippen molar-refractivity contribution in [2.75, 3.05) is 0 Å². The van der Waals surface area contributed by atoms with Crippen molar-refractivity contribution in [1.29, 1.82) is 0 Å². The minimum atomic E-state index is -0.440. The molecule has 2 aromatic carbocycles. The molecule has 6 nitrogen and oxygen atoms in total. The van der Waals surface area contributed by atoms with Gasteiger partial charge in [0.1, 0.15) is 17.3 Å². The van der Waals surface area contributed by atoms with Crippen molar-refractivity contribution in [1.82, 2.24) is 14.5 Å². The molecule has 136 valence electrons. The van der Waals surface area contributed by atoms with Crippen LogP contribution in [0.4, 0.5) is 0 Å². The summed E-state index contributed by atoms with van der Waals surface area (Å²) in [5, 5.41) is 0.749. The van der Waals surface area contributed by atoms with Crippen LogP contribution in [0, 0.1) is 6.92 Å². The first-order valence-electron chi connectivity index (χ1n) is 8.59. The third-order valence-corrected chi connectivity index (χ3v) is 5.34. The maximum absolute atomic E-state index is 12.4. The highest BCUT2D eigenvalue weighted by atomic mass is 32.1. The Morgan fingerprint density at radius 2 is 1.96 bits per heavy atom. The van der Waals surface area contributed by atoms with Crippen molar-refractivity contribution in [2.45, 2.75) is 27.0 Å². The molecule has 0 amide bonds. The molecule has 0 bridgehead atoms. The first kappa shape index (κ1) is 17.4. The number of hydrogen-bond acceptors (Lipinski definition) is 6. The van der Waals surface area contributed by atoms with Crippen molar-refractivity contribution >= 4 is 38.6 Å². The molecule has 0 saturated heterocycles. The monoisotopic (exact) mass is 379 g/mol. The highest BCUT2D eigenvalue weighted by Crippen LogP contribution is 2.22. The number of thiazole rings is 1. The van der Waals surface area contributed by atoms with Gasteiger partial charge in [-0.15, -0.1) is 11.3 Å². The van der Waals surface area contributed by atoms with E-state index >= 15 is 0 Å². The number of para-hydroxylation sites is 1. The molecule has 0 saturated carbocycles. The fourth-order valence-corrected chi connectivity index (χ4v) is 3.89. The average Bonchev–Trinajstić information content (AvgIpc) is 3.10. The van der Waals surface area contributed by atoms with Gasteiger partial charge in [-0.25, -0.2) is 14.8 Å². The van der Waals surface area contributed by atoms with Gasteiger partial charge < -0.3 is 9.30 Å². The maximum atomic E-state index is 12.4. The smallest absolute Gasteiger partial charge is 0.338 e. The molecular weight excluding hydrogens is 362 g/mol. The molecule has 0 radical (unpaired) electrons. The highest BCUT2D eigenvalue weighted by molar-refractivity contribution is 7.18. The van der Waals surface area contributed by atoms with Crippen LogP contribution in [0.1, 0.15) is 28.0 Å². The van der Waals surface area contributed by atoms with E-state index in [0.29, 0.717) is 28.8 Å². The van der Waals surface area contributed by atoms with E-state index in [-0.39, 0.29) is 12.2 Å². The lowest BCUT2D eigenvalue weighted by Crippen LogP contribution is -2.23. The van der Waals surface area contributed by atoms with E-state index in [2.05, 4.69) is 9.97 Å². The summed E-state index contributed by atoms with van der Waals surface area (Å²) in [5.41, 5.74) is 2.90. The number of aryl methyl sites for hydroxylation is 2. The number of ether oxygens (including phenoxy) is 1. The Kier molecular flexibility index (Phi) is 4.45. The summed E-state index contributed by atoms with van der Waals surface area (Å²) in [6.07, 6.45) is 0. The Morgan fingerprint density at radius 1 is 1.15 bits per heavy atom. The Balaban J connectivity index is 1.58. The number of esters is 1. The SMILES string of the molecule is CCn1c(=O)c(C)nc2cc(C(=O)OCc3nc4ccccc4s3)ccc21. The molecule has 0 aliphatic heterocycles. The van der Waals surface area contributed by atoms with Crippen LogP contribution in [0.15, 0.2) is 47.3 Å². The number of hydrogen-bond donors (Lipinski definition) is 0. The largest absolute Gasteiger partial charge is 0.455 e. The minimum absolute atomic E-state index is 0.115. The summed E-state index contributed by atoms with van der Waals surface area (Å²) in [7, 11) is 0. The number of carbonyl (C=O) groups excluding carboxylic acids is 1. The van der Waals surface area contributed by atoms with Crippen LogP contribution in [0.25, 0.3) is 21.3 Å². The van der Waals surface area contributed by atoms with Crippen LogP contribution in [0.5, 0.6) is 0 Å². The lowest BCUT2D eigenvalue weighted by atomic mass is 10.2. The van der Waals surface area contributed by atoms with Crippen LogP contribution in [-0.4, -0.2) is 20.5 Å². The van der Waals surface area contributed by atoms with Gasteiger partial charge in [0, 0.05) is 6.54 Å². The van der Waals surface area contributed by atoms with Gasteiger partial charge in [-0.1, -0.05) is 12.1 Å².